The van der Waals surface area contributed by atoms with Crippen LogP contribution in [0.3, 0.4) is 0 Å². The molecule has 0 aliphatic heterocycles. The molecule has 1 amide bonds. The van der Waals surface area contributed by atoms with E-state index in [1.807, 2.05) is 0 Å². The van der Waals surface area contributed by atoms with Crippen molar-refractivity contribution in [2.75, 3.05) is 5.32 Å². The van der Waals surface area contributed by atoms with Crippen LogP contribution >= 0.6 is 11.6 Å². The molecule has 0 saturated carbocycles. The average molecular weight is 281 g/mol. The molecule has 5 nitrogen and oxygen atoms in total. The Morgan fingerprint density at radius 2 is 2.21 bits per heavy atom. The SMILES string of the molecule is CC(C)(Oc1cccc(Cl)c1)C(=O)Nc1ccon1. The molecule has 0 saturated heterocycles. The van der Waals surface area contributed by atoms with Crippen LogP contribution in [0.25, 0.3) is 0 Å². The minimum Gasteiger partial charge on any atom is -0.478 e. The van der Waals surface area contributed by atoms with Crippen molar-refractivity contribution in [1.29, 1.82) is 0 Å². The predicted molar refractivity (Wildman–Crippen MR) is 71.3 cm³/mol. The van der Waals surface area contributed by atoms with Crippen LogP contribution in [-0.4, -0.2) is 16.7 Å². The summed E-state index contributed by atoms with van der Waals surface area (Å²) in [4.78, 5) is 12.1. The molecule has 0 spiro atoms. The molecule has 2 rings (SSSR count). The van der Waals surface area contributed by atoms with E-state index in [9.17, 15) is 4.79 Å². The minimum absolute atomic E-state index is 0.332. The molecule has 0 aliphatic rings. The summed E-state index contributed by atoms with van der Waals surface area (Å²) >= 11 is 5.87. The second-order valence-electron chi connectivity index (χ2n) is 4.41. The molecular weight excluding hydrogens is 268 g/mol. The maximum atomic E-state index is 12.1. The molecule has 0 fully saturated rings. The van der Waals surface area contributed by atoms with Gasteiger partial charge in [0, 0.05) is 11.1 Å². The summed E-state index contributed by atoms with van der Waals surface area (Å²) in [5.74, 6) is 0.530. The van der Waals surface area contributed by atoms with E-state index in [4.69, 9.17) is 16.3 Å². The first-order valence-corrected chi connectivity index (χ1v) is 6.01. The van der Waals surface area contributed by atoms with E-state index in [0.717, 1.165) is 0 Å². The van der Waals surface area contributed by atoms with Crippen LogP contribution in [0.2, 0.25) is 5.02 Å². The highest BCUT2D eigenvalue weighted by molar-refractivity contribution is 6.30. The molecule has 0 aliphatic carbocycles. The Morgan fingerprint density at radius 3 is 2.84 bits per heavy atom. The van der Waals surface area contributed by atoms with E-state index in [1.165, 1.54) is 6.26 Å². The smallest absolute Gasteiger partial charge is 0.269 e. The second kappa shape index (κ2) is 5.32. The Morgan fingerprint density at radius 1 is 1.42 bits per heavy atom. The molecule has 6 heteroatoms. The molecule has 0 unspecified atom stereocenters. The maximum Gasteiger partial charge on any atom is 0.269 e. The summed E-state index contributed by atoms with van der Waals surface area (Å²) in [5, 5.41) is 6.75. The Bertz CT molecular complexity index is 567. The zero-order valence-corrected chi connectivity index (χ0v) is 11.3. The summed E-state index contributed by atoms with van der Waals surface area (Å²) in [7, 11) is 0. The predicted octanol–water partition coefficient (Wildman–Crippen LogP) is 3.12. The van der Waals surface area contributed by atoms with E-state index in [0.29, 0.717) is 16.6 Å². The quantitative estimate of drug-likeness (QED) is 0.934. The number of rotatable bonds is 4. The van der Waals surface area contributed by atoms with E-state index >= 15 is 0 Å². The van der Waals surface area contributed by atoms with Gasteiger partial charge in [0.1, 0.15) is 12.0 Å². The van der Waals surface area contributed by atoms with E-state index in [-0.39, 0.29) is 5.91 Å². The molecule has 0 radical (unpaired) electrons. The van der Waals surface area contributed by atoms with Gasteiger partial charge in [-0.05, 0) is 32.0 Å². The first-order chi connectivity index (χ1) is 8.97. The van der Waals surface area contributed by atoms with Gasteiger partial charge < -0.3 is 14.6 Å². The van der Waals surface area contributed by atoms with Gasteiger partial charge in [-0.1, -0.05) is 22.8 Å². The fraction of sp³-hybridized carbons (Fsp3) is 0.231. The topological polar surface area (TPSA) is 64.4 Å². The van der Waals surface area contributed by atoms with Crippen molar-refractivity contribution in [3.05, 3.63) is 41.6 Å². The van der Waals surface area contributed by atoms with Gasteiger partial charge in [0.2, 0.25) is 0 Å². The molecule has 1 aromatic heterocycles. The van der Waals surface area contributed by atoms with Crippen molar-refractivity contribution in [3.8, 4) is 5.75 Å². The first kappa shape index (κ1) is 13.4. The monoisotopic (exact) mass is 280 g/mol. The number of carbonyl (C=O) groups excluding carboxylic acids is 1. The van der Waals surface area contributed by atoms with Crippen molar-refractivity contribution in [3.63, 3.8) is 0 Å². The van der Waals surface area contributed by atoms with Crippen LogP contribution in [0.1, 0.15) is 13.8 Å². The molecule has 19 heavy (non-hydrogen) atoms. The molecular formula is C13H13ClN2O3. The summed E-state index contributed by atoms with van der Waals surface area (Å²) in [6.07, 6.45) is 1.38. The lowest BCUT2D eigenvalue weighted by Gasteiger charge is -2.24. The van der Waals surface area contributed by atoms with Gasteiger partial charge in [-0.2, -0.15) is 0 Å². The number of nitrogens with zero attached hydrogens (tertiary/aromatic N) is 1. The number of anilines is 1. The van der Waals surface area contributed by atoms with Crippen LogP contribution in [0, 0.1) is 0 Å². The van der Waals surface area contributed by atoms with Crippen molar-refractivity contribution in [2.45, 2.75) is 19.4 Å². The van der Waals surface area contributed by atoms with Gasteiger partial charge in [0.05, 0.1) is 0 Å². The lowest BCUT2D eigenvalue weighted by atomic mass is 10.1. The summed E-state index contributed by atoms with van der Waals surface area (Å²) in [6, 6.07) is 8.41. The molecule has 2 aromatic rings. The van der Waals surface area contributed by atoms with Crippen LogP contribution in [0.15, 0.2) is 41.1 Å². The normalized spacial score (nSPS) is 11.1. The van der Waals surface area contributed by atoms with Gasteiger partial charge in [0.25, 0.3) is 5.91 Å². The highest BCUT2D eigenvalue weighted by Gasteiger charge is 2.30. The van der Waals surface area contributed by atoms with Crippen LogP contribution < -0.4 is 10.1 Å². The fourth-order valence-electron chi connectivity index (χ4n) is 1.42. The van der Waals surface area contributed by atoms with Gasteiger partial charge in [-0.3, -0.25) is 4.79 Å². The van der Waals surface area contributed by atoms with Gasteiger partial charge in [-0.15, -0.1) is 0 Å². The molecule has 0 bridgehead atoms. The lowest BCUT2D eigenvalue weighted by Crippen LogP contribution is -2.42. The van der Waals surface area contributed by atoms with Crippen LogP contribution in [-0.2, 0) is 4.79 Å². The summed E-state index contributed by atoms with van der Waals surface area (Å²) < 4.78 is 10.3. The highest BCUT2D eigenvalue weighted by Crippen LogP contribution is 2.22. The number of benzene rings is 1. The number of ether oxygens (including phenoxy) is 1. The average Bonchev–Trinajstić information content (AvgIpc) is 2.81. The zero-order valence-electron chi connectivity index (χ0n) is 10.5. The van der Waals surface area contributed by atoms with Crippen molar-refractivity contribution < 1.29 is 14.1 Å². The van der Waals surface area contributed by atoms with Crippen LogP contribution in [0.4, 0.5) is 5.82 Å². The molecule has 1 N–H and O–H groups in total. The van der Waals surface area contributed by atoms with E-state index in [2.05, 4.69) is 15.0 Å². The molecule has 1 aromatic carbocycles. The number of hydrogen-bond donors (Lipinski definition) is 1. The summed E-state index contributed by atoms with van der Waals surface area (Å²) in [6.45, 7) is 3.31. The van der Waals surface area contributed by atoms with E-state index < -0.39 is 5.60 Å². The number of nitrogens with one attached hydrogen (secondary N) is 1. The Balaban J connectivity index is 2.07. The molecule has 0 atom stereocenters. The highest BCUT2D eigenvalue weighted by atomic mass is 35.5. The van der Waals surface area contributed by atoms with Crippen molar-refractivity contribution in [2.24, 2.45) is 0 Å². The van der Waals surface area contributed by atoms with Gasteiger partial charge >= 0.3 is 0 Å². The number of aromatic nitrogens is 1. The minimum atomic E-state index is -1.07. The fourth-order valence-corrected chi connectivity index (χ4v) is 1.60. The number of carbonyl (C=O) groups is 1. The van der Waals surface area contributed by atoms with Crippen molar-refractivity contribution in [1.82, 2.24) is 5.16 Å². The molecule has 100 valence electrons. The third-order valence-electron chi connectivity index (χ3n) is 2.40. The van der Waals surface area contributed by atoms with Gasteiger partial charge in [-0.25, -0.2) is 0 Å². The van der Waals surface area contributed by atoms with Crippen molar-refractivity contribution >= 4 is 23.3 Å². The largest absolute Gasteiger partial charge is 0.478 e. The number of amides is 1. The standard InChI is InChI=1S/C13H13ClN2O3/c1-13(2,12(17)15-11-6-7-18-16-11)19-10-5-3-4-9(14)8-10/h3-8H,1-2H3,(H,15,16,17). The third kappa shape index (κ3) is 3.48. The zero-order chi connectivity index (χ0) is 13.9. The number of hydrogen-bond acceptors (Lipinski definition) is 4. The third-order valence-corrected chi connectivity index (χ3v) is 2.63. The number of halogens is 1. The van der Waals surface area contributed by atoms with Gasteiger partial charge in [0.15, 0.2) is 11.4 Å². The molecule has 1 heterocycles. The van der Waals surface area contributed by atoms with Crippen LogP contribution in [0.5, 0.6) is 5.75 Å². The van der Waals surface area contributed by atoms with E-state index in [1.54, 1.807) is 44.2 Å². The summed E-state index contributed by atoms with van der Waals surface area (Å²) in [5.41, 5.74) is -1.07. The second-order valence-corrected chi connectivity index (χ2v) is 4.84. The Hall–Kier alpha value is -2.01. The first-order valence-electron chi connectivity index (χ1n) is 5.64. The Labute approximate surface area is 115 Å². The lowest BCUT2D eigenvalue weighted by molar-refractivity contribution is -0.128. The maximum absolute atomic E-state index is 12.1. The Kier molecular flexibility index (Phi) is 3.76.